The van der Waals surface area contributed by atoms with Crippen molar-refractivity contribution < 1.29 is 0 Å². The monoisotopic (exact) mass is 239 g/mol. The molecule has 1 heterocycles. The van der Waals surface area contributed by atoms with Gasteiger partial charge in [-0.1, -0.05) is 6.92 Å². The number of aryl methyl sites for hydroxylation is 1. The average Bonchev–Trinajstić information content (AvgIpc) is 2.27. The number of hydrogen-bond donors (Lipinski definition) is 1. The Bertz CT molecular complexity index is 304. The van der Waals surface area contributed by atoms with Gasteiger partial charge in [0.15, 0.2) is 0 Å². The number of aromatic nitrogens is 2. The van der Waals surface area contributed by atoms with Crippen LogP contribution >= 0.6 is 11.8 Å². The maximum Gasteiger partial charge on any atom is 0.125 e. The van der Waals surface area contributed by atoms with E-state index in [2.05, 4.69) is 29.1 Å². The van der Waals surface area contributed by atoms with Gasteiger partial charge in [-0.2, -0.15) is 11.8 Å². The molecule has 1 N–H and O–H groups in total. The molecule has 0 aliphatic carbocycles. The summed E-state index contributed by atoms with van der Waals surface area (Å²) in [6.45, 7) is 7.18. The standard InChI is InChI=1S/C12H21N3S/c1-4-16-8-6-10(2)14-9-12-5-7-13-11(3)15-12/h5,7,10,14H,4,6,8-9H2,1-3H3. The molecule has 16 heavy (non-hydrogen) atoms. The first-order chi connectivity index (χ1) is 7.72. The highest BCUT2D eigenvalue weighted by atomic mass is 32.2. The smallest absolute Gasteiger partial charge is 0.125 e. The Balaban J connectivity index is 2.23. The fraction of sp³-hybridized carbons (Fsp3) is 0.667. The molecule has 1 aromatic heterocycles. The minimum absolute atomic E-state index is 0.550. The summed E-state index contributed by atoms with van der Waals surface area (Å²) < 4.78 is 0. The van der Waals surface area contributed by atoms with Crippen molar-refractivity contribution in [1.29, 1.82) is 0 Å². The van der Waals surface area contributed by atoms with Crippen molar-refractivity contribution in [2.45, 2.75) is 39.8 Å². The first kappa shape index (κ1) is 13.5. The summed E-state index contributed by atoms with van der Waals surface area (Å²) in [4.78, 5) is 8.45. The van der Waals surface area contributed by atoms with Crippen LogP contribution in [0, 0.1) is 6.92 Å². The van der Waals surface area contributed by atoms with Crippen LogP contribution in [0.3, 0.4) is 0 Å². The highest BCUT2D eigenvalue weighted by molar-refractivity contribution is 7.99. The lowest BCUT2D eigenvalue weighted by atomic mass is 10.2. The van der Waals surface area contributed by atoms with E-state index in [0.717, 1.165) is 18.1 Å². The van der Waals surface area contributed by atoms with E-state index in [4.69, 9.17) is 0 Å². The Morgan fingerprint density at radius 3 is 3.00 bits per heavy atom. The second-order valence-electron chi connectivity index (χ2n) is 3.86. The summed E-state index contributed by atoms with van der Waals surface area (Å²) >= 11 is 1.99. The number of nitrogens with zero attached hydrogens (tertiary/aromatic N) is 2. The Hall–Kier alpha value is -0.610. The van der Waals surface area contributed by atoms with Crippen LogP contribution in [-0.4, -0.2) is 27.5 Å². The van der Waals surface area contributed by atoms with Gasteiger partial charge in [-0.25, -0.2) is 9.97 Å². The zero-order valence-corrected chi connectivity index (χ0v) is 11.2. The van der Waals surface area contributed by atoms with Crippen LogP contribution < -0.4 is 5.32 Å². The van der Waals surface area contributed by atoms with E-state index in [-0.39, 0.29) is 0 Å². The first-order valence-corrected chi connectivity index (χ1v) is 6.97. The van der Waals surface area contributed by atoms with E-state index < -0.39 is 0 Å². The molecule has 3 nitrogen and oxygen atoms in total. The van der Waals surface area contributed by atoms with Gasteiger partial charge in [-0.3, -0.25) is 0 Å². The highest BCUT2D eigenvalue weighted by Crippen LogP contribution is 2.04. The number of nitrogens with one attached hydrogen (secondary N) is 1. The van der Waals surface area contributed by atoms with Gasteiger partial charge in [0.25, 0.3) is 0 Å². The van der Waals surface area contributed by atoms with Crippen molar-refractivity contribution in [2.24, 2.45) is 0 Å². The van der Waals surface area contributed by atoms with Gasteiger partial charge in [0.1, 0.15) is 5.82 Å². The largest absolute Gasteiger partial charge is 0.309 e. The Morgan fingerprint density at radius 1 is 1.50 bits per heavy atom. The van der Waals surface area contributed by atoms with E-state index in [1.54, 1.807) is 0 Å². The van der Waals surface area contributed by atoms with Gasteiger partial charge in [-0.15, -0.1) is 0 Å². The molecule has 0 aliphatic heterocycles. The molecule has 0 fully saturated rings. The van der Waals surface area contributed by atoms with Crippen molar-refractivity contribution >= 4 is 11.8 Å². The van der Waals surface area contributed by atoms with Gasteiger partial charge in [0, 0.05) is 18.8 Å². The zero-order valence-electron chi connectivity index (χ0n) is 10.4. The molecule has 0 spiro atoms. The van der Waals surface area contributed by atoms with E-state index in [9.17, 15) is 0 Å². The summed E-state index contributed by atoms with van der Waals surface area (Å²) in [6.07, 6.45) is 3.03. The SMILES string of the molecule is CCSCCC(C)NCc1ccnc(C)n1. The summed E-state index contributed by atoms with van der Waals surface area (Å²) in [5.74, 6) is 3.28. The fourth-order valence-corrected chi connectivity index (χ4v) is 2.20. The van der Waals surface area contributed by atoms with Crippen molar-refractivity contribution in [3.63, 3.8) is 0 Å². The van der Waals surface area contributed by atoms with Crippen molar-refractivity contribution in [3.8, 4) is 0 Å². The second kappa shape index (κ2) is 7.63. The molecule has 0 saturated carbocycles. The van der Waals surface area contributed by atoms with E-state index >= 15 is 0 Å². The van der Waals surface area contributed by atoms with Crippen LogP contribution in [0.1, 0.15) is 31.8 Å². The van der Waals surface area contributed by atoms with Gasteiger partial charge in [0.05, 0.1) is 5.69 Å². The van der Waals surface area contributed by atoms with Crippen LogP contribution in [0.4, 0.5) is 0 Å². The Kier molecular flexibility index (Phi) is 6.42. The summed E-state index contributed by atoms with van der Waals surface area (Å²) in [7, 11) is 0. The molecule has 90 valence electrons. The van der Waals surface area contributed by atoms with Crippen molar-refractivity contribution in [2.75, 3.05) is 11.5 Å². The van der Waals surface area contributed by atoms with E-state index in [1.165, 1.54) is 17.9 Å². The molecule has 1 unspecified atom stereocenters. The summed E-state index contributed by atoms with van der Waals surface area (Å²) in [5.41, 5.74) is 1.07. The molecule has 1 aromatic rings. The van der Waals surface area contributed by atoms with E-state index in [1.807, 2.05) is 30.9 Å². The predicted molar refractivity (Wildman–Crippen MR) is 70.7 cm³/mol. The van der Waals surface area contributed by atoms with Gasteiger partial charge in [0.2, 0.25) is 0 Å². The molecule has 4 heteroatoms. The minimum atomic E-state index is 0.550. The predicted octanol–water partition coefficient (Wildman–Crippen LogP) is 2.41. The molecule has 1 atom stereocenters. The summed E-state index contributed by atoms with van der Waals surface area (Å²) in [6, 6.07) is 2.52. The van der Waals surface area contributed by atoms with Crippen LogP contribution in [0.15, 0.2) is 12.3 Å². The van der Waals surface area contributed by atoms with Crippen LogP contribution in [-0.2, 0) is 6.54 Å². The molecule has 0 aromatic carbocycles. The van der Waals surface area contributed by atoms with Crippen LogP contribution in [0.25, 0.3) is 0 Å². The summed E-state index contributed by atoms with van der Waals surface area (Å²) in [5, 5.41) is 3.48. The maximum atomic E-state index is 4.36. The quantitative estimate of drug-likeness (QED) is 0.742. The molecule has 0 bridgehead atoms. The fourth-order valence-electron chi connectivity index (χ4n) is 1.39. The van der Waals surface area contributed by atoms with Crippen LogP contribution in [0.5, 0.6) is 0 Å². The molecule has 0 saturated heterocycles. The number of rotatable bonds is 7. The lowest BCUT2D eigenvalue weighted by molar-refractivity contribution is 0.531. The third-order valence-electron chi connectivity index (χ3n) is 2.36. The van der Waals surface area contributed by atoms with E-state index in [0.29, 0.717) is 6.04 Å². The van der Waals surface area contributed by atoms with Gasteiger partial charge >= 0.3 is 0 Å². The molecular formula is C12H21N3S. The zero-order chi connectivity index (χ0) is 11.8. The first-order valence-electron chi connectivity index (χ1n) is 5.82. The van der Waals surface area contributed by atoms with Gasteiger partial charge < -0.3 is 5.32 Å². The molecular weight excluding hydrogens is 218 g/mol. The van der Waals surface area contributed by atoms with Crippen molar-refractivity contribution in [3.05, 3.63) is 23.8 Å². The topological polar surface area (TPSA) is 37.8 Å². The second-order valence-corrected chi connectivity index (χ2v) is 5.26. The third kappa shape index (κ3) is 5.47. The number of thioether (sulfide) groups is 1. The lowest BCUT2D eigenvalue weighted by Gasteiger charge is -2.12. The molecule has 0 amide bonds. The minimum Gasteiger partial charge on any atom is -0.309 e. The molecule has 0 aliphatic rings. The number of hydrogen-bond acceptors (Lipinski definition) is 4. The lowest BCUT2D eigenvalue weighted by Crippen LogP contribution is -2.26. The average molecular weight is 239 g/mol. The molecule has 1 rings (SSSR count). The third-order valence-corrected chi connectivity index (χ3v) is 3.30. The normalized spacial score (nSPS) is 12.7. The highest BCUT2D eigenvalue weighted by Gasteiger charge is 2.02. The van der Waals surface area contributed by atoms with Gasteiger partial charge in [-0.05, 0) is 37.8 Å². The van der Waals surface area contributed by atoms with Crippen molar-refractivity contribution in [1.82, 2.24) is 15.3 Å². The maximum absolute atomic E-state index is 4.36. The Morgan fingerprint density at radius 2 is 2.31 bits per heavy atom. The van der Waals surface area contributed by atoms with Crippen LogP contribution in [0.2, 0.25) is 0 Å². The Labute approximate surface area is 102 Å². The molecule has 0 radical (unpaired) electrons.